The van der Waals surface area contributed by atoms with Crippen molar-refractivity contribution in [1.82, 2.24) is 4.31 Å². The van der Waals surface area contributed by atoms with E-state index in [-0.39, 0.29) is 22.8 Å². The van der Waals surface area contributed by atoms with E-state index < -0.39 is 27.7 Å². The Hall–Kier alpha value is -2.59. The molecular formula is C19H22F3N3O3S. The van der Waals surface area contributed by atoms with Gasteiger partial charge in [-0.25, -0.2) is 8.42 Å². The van der Waals surface area contributed by atoms with Gasteiger partial charge in [0.15, 0.2) is 0 Å². The maximum absolute atomic E-state index is 12.7. The van der Waals surface area contributed by atoms with Gasteiger partial charge in [0, 0.05) is 24.5 Å². The summed E-state index contributed by atoms with van der Waals surface area (Å²) < 4.78 is 64.6. The van der Waals surface area contributed by atoms with Crippen molar-refractivity contribution in [1.29, 1.82) is 0 Å². The van der Waals surface area contributed by atoms with Gasteiger partial charge in [0.05, 0.1) is 17.0 Å². The molecule has 0 aliphatic rings. The molecule has 2 rings (SSSR count). The molecule has 0 bridgehead atoms. The lowest BCUT2D eigenvalue weighted by Crippen LogP contribution is -2.30. The molecule has 0 heterocycles. The monoisotopic (exact) mass is 429 g/mol. The molecule has 0 aliphatic heterocycles. The first kappa shape index (κ1) is 22.7. The molecule has 6 nitrogen and oxygen atoms in total. The van der Waals surface area contributed by atoms with E-state index >= 15 is 0 Å². The number of nitrogens with one attached hydrogen (secondary N) is 2. The Morgan fingerprint density at radius 3 is 2.24 bits per heavy atom. The maximum atomic E-state index is 12.7. The first-order valence-electron chi connectivity index (χ1n) is 8.89. The Kier molecular flexibility index (Phi) is 7.26. The number of amides is 1. The molecule has 158 valence electrons. The van der Waals surface area contributed by atoms with Crippen LogP contribution in [0.3, 0.4) is 0 Å². The summed E-state index contributed by atoms with van der Waals surface area (Å²) in [4.78, 5) is 12.2. The first-order valence-corrected chi connectivity index (χ1v) is 10.3. The third-order valence-corrected chi connectivity index (χ3v) is 6.15. The molecule has 0 atom stereocenters. The Labute approximate surface area is 167 Å². The summed E-state index contributed by atoms with van der Waals surface area (Å²) in [5.74, 6) is -0.528. The summed E-state index contributed by atoms with van der Waals surface area (Å²) in [6, 6.07) is 10.3. The first-order chi connectivity index (χ1) is 13.6. The van der Waals surface area contributed by atoms with Crippen LogP contribution in [0.25, 0.3) is 0 Å². The van der Waals surface area contributed by atoms with Gasteiger partial charge in [-0.2, -0.15) is 17.5 Å². The van der Waals surface area contributed by atoms with Crippen LogP contribution in [0.5, 0.6) is 0 Å². The van der Waals surface area contributed by atoms with Gasteiger partial charge in [-0.1, -0.05) is 26.0 Å². The number of carbonyl (C=O) groups is 1. The summed E-state index contributed by atoms with van der Waals surface area (Å²) in [6.45, 7) is 3.80. The summed E-state index contributed by atoms with van der Waals surface area (Å²) in [7, 11) is -3.67. The zero-order valence-electron chi connectivity index (χ0n) is 16.0. The van der Waals surface area contributed by atoms with E-state index in [4.69, 9.17) is 0 Å². The number of halogens is 3. The van der Waals surface area contributed by atoms with E-state index in [0.29, 0.717) is 13.1 Å². The van der Waals surface area contributed by atoms with E-state index in [2.05, 4.69) is 10.6 Å². The smallest absolute Gasteiger partial charge is 0.376 e. The minimum atomic E-state index is -4.48. The molecule has 0 unspecified atom stereocenters. The van der Waals surface area contributed by atoms with E-state index in [0.717, 1.165) is 12.1 Å². The lowest BCUT2D eigenvalue weighted by atomic mass is 10.2. The molecule has 10 heteroatoms. The number of hydrogen-bond acceptors (Lipinski definition) is 4. The van der Waals surface area contributed by atoms with Crippen molar-refractivity contribution in [2.75, 3.05) is 30.3 Å². The van der Waals surface area contributed by atoms with Gasteiger partial charge in [-0.3, -0.25) is 4.79 Å². The second kappa shape index (κ2) is 9.27. The fourth-order valence-corrected chi connectivity index (χ4v) is 4.14. The Balaban J connectivity index is 2.05. The van der Waals surface area contributed by atoms with Crippen LogP contribution >= 0.6 is 0 Å². The zero-order valence-corrected chi connectivity index (χ0v) is 16.8. The van der Waals surface area contributed by atoms with Crippen LogP contribution in [0, 0.1) is 0 Å². The van der Waals surface area contributed by atoms with Crippen molar-refractivity contribution in [3.8, 4) is 0 Å². The minimum absolute atomic E-state index is 0.0461. The summed E-state index contributed by atoms with van der Waals surface area (Å²) >= 11 is 0. The van der Waals surface area contributed by atoms with Crippen molar-refractivity contribution >= 4 is 27.3 Å². The molecule has 29 heavy (non-hydrogen) atoms. The maximum Gasteiger partial charge on any atom is 0.416 e. The minimum Gasteiger partial charge on any atom is -0.376 e. The fraction of sp³-hybridized carbons (Fsp3) is 0.316. The molecule has 2 N–H and O–H groups in total. The van der Waals surface area contributed by atoms with Crippen molar-refractivity contribution in [2.24, 2.45) is 0 Å². The quantitative estimate of drug-likeness (QED) is 0.669. The second-order valence-electron chi connectivity index (χ2n) is 6.10. The largest absolute Gasteiger partial charge is 0.416 e. The topological polar surface area (TPSA) is 78.5 Å². The van der Waals surface area contributed by atoms with Crippen LogP contribution < -0.4 is 10.6 Å². The van der Waals surface area contributed by atoms with Crippen LogP contribution in [0.2, 0.25) is 0 Å². The summed E-state index contributed by atoms with van der Waals surface area (Å²) in [5.41, 5.74) is -0.404. The second-order valence-corrected chi connectivity index (χ2v) is 8.04. The van der Waals surface area contributed by atoms with Crippen molar-refractivity contribution < 1.29 is 26.4 Å². The predicted molar refractivity (Wildman–Crippen MR) is 105 cm³/mol. The third kappa shape index (κ3) is 5.94. The van der Waals surface area contributed by atoms with E-state index in [1.165, 1.54) is 40.7 Å². The summed E-state index contributed by atoms with van der Waals surface area (Å²) in [6.07, 6.45) is -4.48. The highest BCUT2D eigenvalue weighted by Gasteiger charge is 2.30. The predicted octanol–water partition coefficient (Wildman–Crippen LogP) is 3.79. The Morgan fingerprint density at radius 1 is 1.00 bits per heavy atom. The number of anilines is 2. The molecule has 0 spiro atoms. The van der Waals surface area contributed by atoms with Crippen LogP contribution in [0.15, 0.2) is 53.4 Å². The molecule has 0 fully saturated rings. The summed E-state index contributed by atoms with van der Waals surface area (Å²) in [5, 5.41) is 5.16. The molecular weight excluding hydrogens is 407 g/mol. The standard InChI is InChI=1S/C19H22F3N3O3S/c1-3-25(4-2)29(27,28)17-10-6-9-16(12-17)24-18(26)13-23-15-8-5-7-14(11-15)19(20,21)22/h5-12,23H,3-4,13H2,1-2H3,(H,24,26). The molecule has 1 amide bonds. The third-order valence-electron chi connectivity index (χ3n) is 4.10. The van der Waals surface area contributed by atoms with Crippen LogP contribution in [0.1, 0.15) is 19.4 Å². The molecule has 0 aromatic heterocycles. The number of alkyl halides is 3. The van der Waals surface area contributed by atoms with Crippen LogP contribution in [-0.2, 0) is 21.0 Å². The molecule has 2 aromatic rings. The highest BCUT2D eigenvalue weighted by Crippen LogP contribution is 2.30. The molecule has 0 saturated heterocycles. The van der Waals surface area contributed by atoms with Crippen LogP contribution in [0.4, 0.5) is 24.5 Å². The number of carbonyl (C=O) groups excluding carboxylic acids is 1. The number of nitrogens with zero attached hydrogens (tertiary/aromatic N) is 1. The normalized spacial score (nSPS) is 12.1. The number of hydrogen-bond donors (Lipinski definition) is 2. The van der Waals surface area contributed by atoms with Gasteiger partial charge in [0.2, 0.25) is 15.9 Å². The van der Waals surface area contributed by atoms with Crippen molar-refractivity contribution in [3.05, 3.63) is 54.1 Å². The Bertz CT molecular complexity index is 958. The lowest BCUT2D eigenvalue weighted by Gasteiger charge is -2.19. The lowest BCUT2D eigenvalue weighted by molar-refractivity contribution is -0.137. The molecule has 0 saturated carbocycles. The van der Waals surface area contributed by atoms with Gasteiger partial charge >= 0.3 is 6.18 Å². The van der Waals surface area contributed by atoms with Gasteiger partial charge in [0.1, 0.15) is 0 Å². The average molecular weight is 429 g/mol. The van der Waals surface area contributed by atoms with Gasteiger partial charge in [-0.15, -0.1) is 0 Å². The number of rotatable bonds is 8. The molecule has 0 aliphatic carbocycles. The molecule has 2 aromatic carbocycles. The Morgan fingerprint density at radius 2 is 1.62 bits per heavy atom. The van der Waals surface area contributed by atoms with Gasteiger partial charge in [-0.05, 0) is 36.4 Å². The van der Waals surface area contributed by atoms with Crippen LogP contribution in [-0.4, -0.2) is 38.3 Å². The van der Waals surface area contributed by atoms with Crippen molar-refractivity contribution in [3.63, 3.8) is 0 Å². The van der Waals surface area contributed by atoms with E-state index in [1.54, 1.807) is 13.8 Å². The van der Waals surface area contributed by atoms with Gasteiger partial charge < -0.3 is 10.6 Å². The van der Waals surface area contributed by atoms with Crippen molar-refractivity contribution in [2.45, 2.75) is 24.9 Å². The molecule has 0 radical (unpaired) electrons. The average Bonchev–Trinajstić information content (AvgIpc) is 2.67. The number of sulfonamides is 1. The number of benzene rings is 2. The highest BCUT2D eigenvalue weighted by atomic mass is 32.2. The van der Waals surface area contributed by atoms with E-state index in [1.807, 2.05) is 0 Å². The zero-order chi connectivity index (χ0) is 21.7. The highest BCUT2D eigenvalue weighted by molar-refractivity contribution is 7.89. The fourth-order valence-electron chi connectivity index (χ4n) is 2.64. The van der Waals surface area contributed by atoms with E-state index in [9.17, 15) is 26.4 Å². The van der Waals surface area contributed by atoms with Gasteiger partial charge in [0.25, 0.3) is 0 Å². The SMILES string of the molecule is CCN(CC)S(=O)(=O)c1cccc(NC(=O)CNc2cccc(C(F)(F)F)c2)c1.